The zero-order valence-corrected chi connectivity index (χ0v) is 14.6. The fraction of sp³-hybridized carbons (Fsp3) is 0.429. The first-order valence-electron chi connectivity index (χ1n) is 8.96. The predicted molar refractivity (Wildman–Crippen MR) is 99.4 cm³/mol. The van der Waals surface area contributed by atoms with Gasteiger partial charge in [0.1, 0.15) is 5.75 Å². The molecule has 128 valence electrons. The third-order valence-corrected chi connectivity index (χ3v) is 4.78. The van der Waals surface area contributed by atoms with Gasteiger partial charge in [0, 0.05) is 24.7 Å². The number of hydrogen-bond donors (Lipinski definition) is 1. The van der Waals surface area contributed by atoms with E-state index < -0.39 is 0 Å². The molecule has 0 spiro atoms. The molecule has 1 saturated heterocycles. The Bertz CT molecular complexity index is 608. The molecule has 1 N–H and O–H groups in total. The Hall–Kier alpha value is -1.84. The van der Waals surface area contributed by atoms with E-state index in [0.717, 1.165) is 25.3 Å². The number of nitrogens with one attached hydrogen (secondary N) is 1. The van der Waals surface area contributed by atoms with E-state index in [1.54, 1.807) is 7.11 Å². The minimum atomic E-state index is 0.454. The molecule has 1 atom stereocenters. The van der Waals surface area contributed by atoms with E-state index in [0.29, 0.717) is 6.04 Å². The van der Waals surface area contributed by atoms with E-state index in [9.17, 15) is 0 Å². The van der Waals surface area contributed by atoms with Crippen LogP contribution in [0.3, 0.4) is 0 Å². The molecular formula is C21H28N2O. The molecule has 24 heavy (non-hydrogen) atoms. The summed E-state index contributed by atoms with van der Waals surface area (Å²) in [6.07, 6.45) is 3.74. The number of ether oxygens (including phenoxy) is 1. The van der Waals surface area contributed by atoms with Crippen LogP contribution in [-0.2, 0) is 13.0 Å². The van der Waals surface area contributed by atoms with Gasteiger partial charge in [0.15, 0.2) is 0 Å². The molecule has 0 bridgehead atoms. The molecule has 2 aromatic rings. The predicted octanol–water partition coefficient (Wildman–Crippen LogP) is 3.49. The summed E-state index contributed by atoms with van der Waals surface area (Å²) in [5, 5.41) is 3.76. The van der Waals surface area contributed by atoms with E-state index in [1.165, 1.54) is 37.1 Å². The number of para-hydroxylation sites is 1. The molecule has 3 rings (SSSR count). The highest BCUT2D eigenvalue weighted by Crippen LogP contribution is 2.18. The van der Waals surface area contributed by atoms with E-state index in [4.69, 9.17) is 4.74 Å². The second-order valence-corrected chi connectivity index (χ2v) is 6.59. The maximum absolute atomic E-state index is 5.48. The average molecular weight is 324 g/mol. The van der Waals surface area contributed by atoms with Crippen LogP contribution in [0.2, 0.25) is 0 Å². The van der Waals surface area contributed by atoms with Crippen molar-refractivity contribution in [2.45, 2.75) is 31.8 Å². The average Bonchev–Trinajstić information content (AvgIpc) is 3.14. The van der Waals surface area contributed by atoms with Gasteiger partial charge in [-0.25, -0.2) is 0 Å². The van der Waals surface area contributed by atoms with Gasteiger partial charge in [-0.05, 0) is 44.0 Å². The highest BCUT2D eigenvalue weighted by Gasteiger charge is 2.18. The van der Waals surface area contributed by atoms with Crippen LogP contribution in [-0.4, -0.2) is 37.7 Å². The van der Waals surface area contributed by atoms with Crippen molar-refractivity contribution >= 4 is 0 Å². The Morgan fingerprint density at radius 3 is 2.46 bits per heavy atom. The first kappa shape index (κ1) is 17.0. The van der Waals surface area contributed by atoms with Crippen molar-refractivity contribution in [3.8, 4) is 5.75 Å². The molecule has 0 aliphatic carbocycles. The third-order valence-electron chi connectivity index (χ3n) is 4.78. The number of hydrogen-bond acceptors (Lipinski definition) is 3. The summed E-state index contributed by atoms with van der Waals surface area (Å²) < 4.78 is 5.48. The number of benzene rings is 2. The molecule has 3 heteroatoms. The molecule has 1 heterocycles. The minimum absolute atomic E-state index is 0.454. The Morgan fingerprint density at radius 1 is 1.00 bits per heavy atom. The highest BCUT2D eigenvalue weighted by molar-refractivity contribution is 5.33. The van der Waals surface area contributed by atoms with Crippen LogP contribution in [0.4, 0.5) is 0 Å². The van der Waals surface area contributed by atoms with Crippen molar-refractivity contribution in [3.63, 3.8) is 0 Å². The van der Waals surface area contributed by atoms with Crippen LogP contribution in [0.5, 0.6) is 5.75 Å². The molecule has 0 radical (unpaired) electrons. The number of methoxy groups -OCH3 is 1. The summed E-state index contributed by atoms with van der Waals surface area (Å²) in [4.78, 5) is 2.59. The minimum Gasteiger partial charge on any atom is -0.496 e. The van der Waals surface area contributed by atoms with Crippen molar-refractivity contribution in [2.24, 2.45) is 0 Å². The molecule has 1 aliphatic heterocycles. The molecule has 3 nitrogen and oxygen atoms in total. The second-order valence-electron chi connectivity index (χ2n) is 6.59. The monoisotopic (exact) mass is 324 g/mol. The number of likely N-dealkylation sites (tertiary alicyclic amines) is 1. The first-order chi connectivity index (χ1) is 11.8. The molecule has 1 aliphatic rings. The summed E-state index contributed by atoms with van der Waals surface area (Å²) >= 11 is 0. The lowest BCUT2D eigenvalue weighted by molar-refractivity contribution is 0.287. The topological polar surface area (TPSA) is 24.5 Å². The Balaban J connectivity index is 1.64. The maximum atomic E-state index is 5.48. The van der Waals surface area contributed by atoms with Gasteiger partial charge in [-0.15, -0.1) is 0 Å². The molecule has 0 amide bonds. The lowest BCUT2D eigenvalue weighted by Gasteiger charge is -2.25. The zero-order valence-electron chi connectivity index (χ0n) is 14.6. The number of nitrogens with zero attached hydrogens (tertiary/aromatic N) is 1. The van der Waals surface area contributed by atoms with Gasteiger partial charge >= 0.3 is 0 Å². The van der Waals surface area contributed by atoms with Gasteiger partial charge in [0.25, 0.3) is 0 Å². The quantitative estimate of drug-likeness (QED) is 0.804. The highest BCUT2D eigenvalue weighted by atomic mass is 16.5. The van der Waals surface area contributed by atoms with Gasteiger partial charge in [-0.1, -0.05) is 48.5 Å². The van der Waals surface area contributed by atoms with E-state index in [-0.39, 0.29) is 0 Å². The lowest BCUT2D eigenvalue weighted by atomic mass is 10.0. The van der Waals surface area contributed by atoms with Crippen molar-refractivity contribution in [1.29, 1.82) is 0 Å². The van der Waals surface area contributed by atoms with Gasteiger partial charge < -0.3 is 15.0 Å². The molecule has 1 fully saturated rings. The second kappa shape index (κ2) is 8.86. The summed E-state index contributed by atoms with van der Waals surface area (Å²) in [7, 11) is 1.74. The number of rotatable bonds is 8. The van der Waals surface area contributed by atoms with E-state index in [1.807, 2.05) is 12.1 Å². The summed E-state index contributed by atoms with van der Waals surface area (Å²) in [5.41, 5.74) is 2.62. The molecular weight excluding hydrogens is 296 g/mol. The Labute approximate surface area is 145 Å². The molecule has 0 aromatic heterocycles. The fourth-order valence-electron chi connectivity index (χ4n) is 3.48. The maximum Gasteiger partial charge on any atom is 0.123 e. The lowest BCUT2D eigenvalue weighted by Crippen LogP contribution is -2.41. The molecule has 1 unspecified atom stereocenters. The summed E-state index contributed by atoms with van der Waals surface area (Å²) in [6, 6.07) is 19.5. The van der Waals surface area contributed by atoms with E-state index in [2.05, 4.69) is 52.7 Å². The summed E-state index contributed by atoms with van der Waals surface area (Å²) in [6.45, 7) is 4.43. The van der Waals surface area contributed by atoms with Crippen molar-refractivity contribution in [1.82, 2.24) is 10.2 Å². The van der Waals surface area contributed by atoms with Crippen LogP contribution in [0, 0.1) is 0 Å². The van der Waals surface area contributed by atoms with Crippen molar-refractivity contribution in [3.05, 3.63) is 65.7 Å². The normalized spacial score (nSPS) is 16.2. The largest absolute Gasteiger partial charge is 0.496 e. The van der Waals surface area contributed by atoms with E-state index >= 15 is 0 Å². The molecule has 2 aromatic carbocycles. The van der Waals surface area contributed by atoms with Crippen LogP contribution in [0.1, 0.15) is 24.0 Å². The molecule has 0 saturated carbocycles. The third kappa shape index (κ3) is 4.83. The van der Waals surface area contributed by atoms with Gasteiger partial charge in [-0.3, -0.25) is 0 Å². The fourth-order valence-corrected chi connectivity index (χ4v) is 3.48. The van der Waals surface area contributed by atoms with Gasteiger partial charge in [0.05, 0.1) is 7.11 Å². The summed E-state index contributed by atoms with van der Waals surface area (Å²) in [5.74, 6) is 0.963. The van der Waals surface area contributed by atoms with Crippen molar-refractivity contribution in [2.75, 3.05) is 26.7 Å². The van der Waals surface area contributed by atoms with Crippen LogP contribution >= 0.6 is 0 Å². The van der Waals surface area contributed by atoms with Crippen molar-refractivity contribution < 1.29 is 4.74 Å². The van der Waals surface area contributed by atoms with Crippen LogP contribution < -0.4 is 10.1 Å². The Kier molecular flexibility index (Phi) is 6.27. The van der Waals surface area contributed by atoms with Gasteiger partial charge in [-0.2, -0.15) is 0 Å². The van der Waals surface area contributed by atoms with Crippen LogP contribution in [0.15, 0.2) is 54.6 Å². The Morgan fingerprint density at radius 2 is 1.71 bits per heavy atom. The SMILES string of the molecule is COc1ccccc1CNC(Cc1ccccc1)CN1CCCC1. The first-order valence-corrected chi connectivity index (χ1v) is 8.96. The zero-order chi connectivity index (χ0) is 16.6. The standard InChI is InChI=1S/C21H28N2O/c1-24-21-12-6-5-11-19(21)16-22-20(17-23-13-7-8-14-23)15-18-9-3-2-4-10-18/h2-6,9-12,20,22H,7-8,13-17H2,1H3. The van der Waals surface area contributed by atoms with Gasteiger partial charge in [0.2, 0.25) is 0 Å². The van der Waals surface area contributed by atoms with Crippen LogP contribution in [0.25, 0.3) is 0 Å². The smallest absolute Gasteiger partial charge is 0.123 e.